The highest BCUT2D eigenvalue weighted by Crippen LogP contribution is 2.30. The number of para-hydroxylation sites is 1. The monoisotopic (exact) mass is 467 g/mol. The van der Waals surface area contributed by atoms with Crippen LogP contribution in [-0.4, -0.2) is 60.1 Å². The number of hydrogen-bond acceptors (Lipinski definition) is 6. The molecule has 0 radical (unpaired) electrons. The van der Waals surface area contributed by atoms with E-state index in [1.165, 1.54) is 0 Å². The molecule has 172 valence electrons. The predicted octanol–water partition coefficient (Wildman–Crippen LogP) is 3.22. The van der Waals surface area contributed by atoms with E-state index in [0.29, 0.717) is 28.4 Å². The Kier molecular flexibility index (Phi) is 5.20. The lowest BCUT2D eigenvalue weighted by Gasteiger charge is -2.24. The number of ether oxygens (including phenoxy) is 1. The van der Waals surface area contributed by atoms with E-state index in [1.54, 1.807) is 20.0 Å². The molecule has 9 nitrogen and oxygen atoms in total. The van der Waals surface area contributed by atoms with Gasteiger partial charge in [-0.1, -0.05) is 22.9 Å². The predicted molar refractivity (Wildman–Crippen MR) is 125 cm³/mol. The fourth-order valence-corrected chi connectivity index (χ4v) is 5.50. The molecule has 5 heterocycles. The van der Waals surface area contributed by atoms with E-state index in [0.717, 1.165) is 56.5 Å². The lowest BCUT2D eigenvalue weighted by atomic mass is 10.1. The molecular weight excluding hydrogens is 442 g/mol. The lowest BCUT2D eigenvalue weighted by Crippen LogP contribution is -2.32. The van der Waals surface area contributed by atoms with Crippen molar-refractivity contribution in [2.24, 2.45) is 0 Å². The van der Waals surface area contributed by atoms with Crippen LogP contribution in [0.25, 0.3) is 22.4 Å². The maximum absolute atomic E-state index is 13.9. The SMILES string of the molecule is CN1CCCC1c1cn(-c2ncn3c2c(=O)n(CC2CCCCO2)c2c(Cl)cccc23)nn1. The first kappa shape index (κ1) is 20.8. The number of nitrogens with zero attached hydrogens (tertiary/aromatic N) is 7. The summed E-state index contributed by atoms with van der Waals surface area (Å²) in [4.78, 5) is 20.7. The third kappa shape index (κ3) is 3.46. The number of halogens is 1. The minimum absolute atomic E-state index is 0.0133. The molecule has 0 spiro atoms. The molecule has 2 aliphatic rings. The Labute approximate surface area is 195 Å². The normalized spacial score (nSPS) is 22.0. The highest BCUT2D eigenvalue weighted by atomic mass is 35.5. The largest absolute Gasteiger partial charge is 0.376 e. The molecule has 0 aliphatic carbocycles. The molecule has 0 saturated carbocycles. The fraction of sp³-hybridized carbons (Fsp3) is 0.478. The quantitative estimate of drug-likeness (QED) is 0.458. The van der Waals surface area contributed by atoms with E-state index >= 15 is 0 Å². The molecule has 4 aromatic rings. The van der Waals surface area contributed by atoms with Gasteiger partial charge in [0.1, 0.15) is 12.0 Å². The van der Waals surface area contributed by atoms with Gasteiger partial charge in [0.25, 0.3) is 5.56 Å². The summed E-state index contributed by atoms with van der Waals surface area (Å²) in [5.74, 6) is 0.472. The summed E-state index contributed by atoms with van der Waals surface area (Å²) in [6.07, 6.45) is 8.82. The van der Waals surface area contributed by atoms with Crippen molar-refractivity contribution in [2.45, 2.75) is 50.8 Å². The van der Waals surface area contributed by atoms with Gasteiger partial charge >= 0.3 is 0 Å². The summed E-state index contributed by atoms with van der Waals surface area (Å²) in [5, 5.41) is 9.28. The Morgan fingerprint density at radius 2 is 2.09 bits per heavy atom. The van der Waals surface area contributed by atoms with Crippen LogP contribution in [0.15, 0.2) is 35.5 Å². The van der Waals surface area contributed by atoms with Crippen LogP contribution >= 0.6 is 11.6 Å². The Balaban J connectivity index is 1.52. The zero-order valence-corrected chi connectivity index (χ0v) is 19.3. The third-order valence-corrected chi connectivity index (χ3v) is 7.25. The van der Waals surface area contributed by atoms with Crippen LogP contribution in [0.5, 0.6) is 0 Å². The van der Waals surface area contributed by atoms with Gasteiger partial charge in [0.05, 0.1) is 40.9 Å². The van der Waals surface area contributed by atoms with Crippen LogP contribution in [0, 0.1) is 0 Å². The molecule has 1 aromatic carbocycles. The number of fused-ring (bicyclic) bond motifs is 3. The van der Waals surface area contributed by atoms with Crippen LogP contribution in [0.3, 0.4) is 0 Å². The summed E-state index contributed by atoms with van der Waals surface area (Å²) in [5.41, 5.74) is 2.71. The number of likely N-dealkylation sites (tertiary alicyclic amines) is 1. The molecule has 33 heavy (non-hydrogen) atoms. The summed E-state index contributed by atoms with van der Waals surface area (Å²) in [6.45, 7) is 2.23. The molecule has 2 unspecified atom stereocenters. The van der Waals surface area contributed by atoms with E-state index in [2.05, 4.69) is 27.2 Å². The van der Waals surface area contributed by atoms with Crippen molar-refractivity contribution < 1.29 is 4.74 Å². The number of hydrogen-bond donors (Lipinski definition) is 0. The highest BCUT2D eigenvalue weighted by Gasteiger charge is 2.27. The van der Waals surface area contributed by atoms with Gasteiger partial charge in [-0.3, -0.25) is 14.1 Å². The van der Waals surface area contributed by atoms with Crippen LogP contribution in [-0.2, 0) is 11.3 Å². The maximum atomic E-state index is 13.9. The Hall–Kier alpha value is -2.75. The first-order chi connectivity index (χ1) is 16.1. The van der Waals surface area contributed by atoms with Crippen LogP contribution in [0.2, 0.25) is 5.02 Å². The van der Waals surface area contributed by atoms with E-state index in [9.17, 15) is 4.79 Å². The van der Waals surface area contributed by atoms with Crippen LogP contribution in [0.4, 0.5) is 0 Å². The molecule has 0 bridgehead atoms. The van der Waals surface area contributed by atoms with E-state index < -0.39 is 0 Å². The molecular formula is C23H26ClN7O2. The second kappa shape index (κ2) is 8.23. The Bertz CT molecular complexity index is 1380. The van der Waals surface area contributed by atoms with E-state index in [-0.39, 0.29) is 17.7 Å². The summed E-state index contributed by atoms with van der Waals surface area (Å²) >= 11 is 6.60. The summed E-state index contributed by atoms with van der Waals surface area (Å²) in [6, 6.07) is 5.90. The fourth-order valence-electron chi connectivity index (χ4n) is 5.23. The lowest BCUT2D eigenvalue weighted by molar-refractivity contribution is 0.00620. The van der Waals surface area contributed by atoms with Gasteiger partial charge in [0.15, 0.2) is 11.3 Å². The second-order valence-electron chi connectivity index (χ2n) is 9.03. The van der Waals surface area contributed by atoms with Gasteiger partial charge in [-0.2, -0.15) is 4.68 Å². The second-order valence-corrected chi connectivity index (χ2v) is 9.43. The molecule has 6 rings (SSSR count). The molecule has 2 saturated heterocycles. The first-order valence-electron chi connectivity index (χ1n) is 11.5. The molecule has 2 fully saturated rings. The maximum Gasteiger partial charge on any atom is 0.279 e. The van der Waals surface area contributed by atoms with Crippen molar-refractivity contribution in [2.75, 3.05) is 20.2 Å². The van der Waals surface area contributed by atoms with Gasteiger partial charge < -0.3 is 9.30 Å². The zero-order valence-electron chi connectivity index (χ0n) is 18.5. The van der Waals surface area contributed by atoms with Crippen molar-refractivity contribution in [3.05, 3.63) is 51.8 Å². The van der Waals surface area contributed by atoms with Gasteiger partial charge in [-0.05, 0) is 57.8 Å². The zero-order chi connectivity index (χ0) is 22.5. The number of aromatic nitrogens is 6. The van der Waals surface area contributed by atoms with Gasteiger partial charge in [0.2, 0.25) is 0 Å². The van der Waals surface area contributed by atoms with Gasteiger partial charge in [0, 0.05) is 6.61 Å². The minimum Gasteiger partial charge on any atom is -0.376 e. The molecule has 2 aliphatic heterocycles. The van der Waals surface area contributed by atoms with Crippen molar-refractivity contribution in [1.29, 1.82) is 0 Å². The standard InChI is InChI=1S/C23H26ClN7O2/c1-28-10-5-9-18(28)17-13-31(27-26-17)22-21-23(32)29(12-15-6-2-3-11-33-15)20-16(24)7-4-8-19(20)30(21)14-25-22/h4,7-8,13-15,18H,2-3,5-6,9-12H2,1H3. The molecule has 10 heteroatoms. The van der Waals surface area contributed by atoms with Crippen LogP contribution < -0.4 is 5.56 Å². The smallest absolute Gasteiger partial charge is 0.279 e. The first-order valence-corrected chi connectivity index (χ1v) is 11.9. The molecule has 0 amide bonds. The molecule has 0 N–H and O–H groups in total. The average Bonchev–Trinajstić information content (AvgIpc) is 3.56. The third-order valence-electron chi connectivity index (χ3n) is 6.94. The Morgan fingerprint density at radius 1 is 1.18 bits per heavy atom. The topological polar surface area (TPSA) is 82.5 Å². The van der Waals surface area contributed by atoms with Crippen molar-refractivity contribution in [3.63, 3.8) is 0 Å². The van der Waals surface area contributed by atoms with E-state index in [1.807, 2.05) is 24.4 Å². The summed E-state index contributed by atoms with van der Waals surface area (Å²) in [7, 11) is 2.10. The number of imidazole rings is 1. The molecule has 2 atom stereocenters. The number of benzene rings is 1. The van der Waals surface area contributed by atoms with Crippen molar-refractivity contribution >= 4 is 28.2 Å². The average molecular weight is 468 g/mol. The van der Waals surface area contributed by atoms with Gasteiger partial charge in [-0.25, -0.2) is 4.98 Å². The Morgan fingerprint density at radius 3 is 2.88 bits per heavy atom. The highest BCUT2D eigenvalue weighted by molar-refractivity contribution is 6.35. The van der Waals surface area contributed by atoms with E-state index in [4.69, 9.17) is 16.3 Å². The van der Waals surface area contributed by atoms with Crippen molar-refractivity contribution in [3.8, 4) is 5.82 Å². The van der Waals surface area contributed by atoms with Crippen LogP contribution in [0.1, 0.15) is 43.8 Å². The van der Waals surface area contributed by atoms with Crippen molar-refractivity contribution in [1.82, 2.24) is 33.8 Å². The molecule has 3 aromatic heterocycles. The minimum atomic E-state index is -0.160. The van der Waals surface area contributed by atoms with Gasteiger partial charge in [-0.15, -0.1) is 5.10 Å². The number of rotatable bonds is 4. The summed E-state index contributed by atoms with van der Waals surface area (Å²) < 4.78 is 11.1.